The molecule has 0 fully saturated rings. The van der Waals surface area contributed by atoms with Crippen molar-refractivity contribution in [3.05, 3.63) is 70.2 Å². The van der Waals surface area contributed by atoms with Crippen molar-refractivity contribution in [3.63, 3.8) is 0 Å². The van der Waals surface area contributed by atoms with Crippen molar-refractivity contribution < 1.29 is 9.59 Å². The lowest BCUT2D eigenvalue weighted by Gasteiger charge is -2.04. The lowest BCUT2D eigenvalue weighted by molar-refractivity contribution is -0.120. The lowest BCUT2D eigenvalue weighted by Crippen LogP contribution is -2.34. The van der Waals surface area contributed by atoms with Crippen molar-refractivity contribution >= 4 is 29.6 Å². The Labute approximate surface area is 139 Å². The van der Waals surface area contributed by atoms with E-state index < -0.39 is 5.91 Å². The molecule has 23 heavy (non-hydrogen) atoms. The second-order valence-corrected chi connectivity index (χ2v) is 5.33. The SMILES string of the molecule is Cc1cccc(C(=O)NCC(=O)NN=Cc2ccc(Cl)cc2)c1. The van der Waals surface area contributed by atoms with Gasteiger partial charge in [-0.3, -0.25) is 9.59 Å². The van der Waals surface area contributed by atoms with Gasteiger partial charge in [0.2, 0.25) is 0 Å². The van der Waals surface area contributed by atoms with Gasteiger partial charge < -0.3 is 5.32 Å². The van der Waals surface area contributed by atoms with Gasteiger partial charge in [0.1, 0.15) is 0 Å². The van der Waals surface area contributed by atoms with Gasteiger partial charge in [0.15, 0.2) is 0 Å². The number of aryl methyl sites for hydroxylation is 1. The Morgan fingerprint density at radius 3 is 2.61 bits per heavy atom. The number of carbonyl (C=O) groups excluding carboxylic acids is 2. The molecule has 0 saturated carbocycles. The van der Waals surface area contributed by atoms with Crippen molar-refractivity contribution in [2.45, 2.75) is 6.92 Å². The summed E-state index contributed by atoms with van der Waals surface area (Å²) in [4.78, 5) is 23.5. The molecule has 2 aromatic rings. The minimum Gasteiger partial charge on any atom is -0.343 e. The molecule has 2 N–H and O–H groups in total. The van der Waals surface area contributed by atoms with Gasteiger partial charge in [-0.2, -0.15) is 5.10 Å². The highest BCUT2D eigenvalue weighted by molar-refractivity contribution is 6.30. The topological polar surface area (TPSA) is 70.6 Å². The van der Waals surface area contributed by atoms with Crippen LogP contribution in [0.3, 0.4) is 0 Å². The molecule has 2 aromatic carbocycles. The van der Waals surface area contributed by atoms with Crippen molar-refractivity contribution in [1.29, 1.82) is 0 Å². The summed E-state index contributed by atoms with van der Waals surface area (Å²) in [7, 11) is 0. The molecule has 0 bridgehead atoms. The molecular weight excluding hydrogens is 314 g/mol. The van der Waals surface area contributed by atoms with Crippen LogP contribution in [0, 0.1) is 6.92 Å². The summed E-state index contributed by atoms with van der Waals surface area (Å²) in [6.45, 7) is 1.75. The van der Waals surface area contributed by atoms with Crippen molar-refractivity contribution in [1.82, 2.24) is 10.7 Å². The van der Waals surface area contributed by atoms with E-state index in [1.54, 1.807) is 42.5 Å². The van der Waals surface area contributed by atoms with E-state index in [1.807, 2.05) is 13.0 Å². The molecule has 5 nitrogen and oxygen atoms in total. The minimum absolute atomic E-state index is 0.148. The van der Waals surface area contributed by atoms with Crippen molar-refractivity contribution in [2.75, 3.05) is 6.54 Å². The number of hydrogen-bond donors (Lipinski definition) is 2. The molecule has 0 aliphatic carbocycles. The normalized spacial score (nSPS) is 10.5. The average Bonchev–Trinajstić information content (AvgIpc) is 2.54. The number of amides is 2. The number of nitrogens with one attached hydrogen (secondary N) is 2. The summed E-state index contributed by atoms with van der Waals surface area (Å²) in [6, 6.07) is 14.1. The third kappa shape index (κ3) is 5.56. The van der Waals surface area contributed by atoms with Crippen molar-refractivity contribution in [3.8, 4) is 0 Å². The smallest absolute Gasteiger partial charge is 0.259 e. The maximum absolute atomic E-state index is 11.9. The van der Waals surface area contributed by atoms with Gasteiger partial charge in [-0.1, -0.05) is 41.4 Å². The van der Waals surface area contributed by atoms with Gasteiger partial charge >= 0.3 is 0 Å². The van der Waals surface area contributed by atoms with Crippen LogP contribution in [0.5, 0.6) is 0 Å². The van der Waals surface area contributed by atoms with E-state index in [0.29, 0.717) is 10.6 Å². The lowest BCUT2D eigenvalue weighted by atomic mass is 10.1. The first-order valence-corrected chi connectivity index (χ1v) is 7.35. The summed E-state index contributed by atoms with van der Waals surface area (Å²) in [5, 5.41) is 6.99. The number of nitrogens with zero attached hydrogens (tertiary/aromatic N) is 1. The van der Waals surface area contributed by atoms with Crippen LogP contribution in [0.25, 0.3) is 0 Å². The van der Waals surface area contributed by atoms with Crippen LogP contribution >= 0.6 is 11.6 Å². The van der Waals surface area contributed by atoms with E-state index in [-0.39, 0.29) is 12.5 Å². The van der Waals surface area contributed by atoms with Crippen LogP contribution in [-0.2, 0) is 4.79 Å². The predicted molar refractivity (Wildman–Crippen MR) is 90.7 cm³/mol. The highest BCUT2D eigenvalue weighted by Gasteiger charge is 2.07. The zero-order valence-electron chi connectivity index (χ0n) is 12.5. The van der Waals surface area contributed by atoms with E-state index in [0.717, 1.165) is 11.1 Å². The Kier molecular flexibility index (Phi) is 5.88. The Balaban J connectivity index is 1.78. The van der Waals surface area contributed by atoms with E-state index in [4.69, 9.17) is 11.6 Å². The fourth-order valence-electron chi connectivity index (χ4n) is 1.82. The Morgan fingerprint density at radius 2 is 1.91 bits per heavy atom. The zero-order chi connectivity index (χ0) is 16.7. The maximum atomic E-state index is 11.9. The first kappa shape index (κ1) is 16.7. The average molecular weight is 330 g/mol. The highest BCUT2D eigenvalue weighted by atomic mass is 35.5. The predicted octanol–water partition coefficient (Wildman–Crippen LogP) is 2.53. The second-order valence-electron chi connectivity index (χ2n) is 4.90. The minimum atomic E-state index is -0.406. The number of hydrazone groups is 1. The van der Waals surface area contributed by atoms with Gasteiger partial charge in [-0.05, 0) is 36.8 Å². The molecule has 0 aliphatic rings. The highest BCUT2D eigenvalue weighted by Crippen LogP contribution is 2.07. The van der Waals surface area contributed by atoms with Gasteiger partial charge in [0.05, 0.1) is 12.8 Å². The molecule has 0 radical (unpaired) electrons. The van der Waals surface area contributed by atoms with Crippen LogP contribution in [-0.4, -0.2) is 24.6 Å². The Hall–Kier alpha value is -2.66. The number of carbonyl (C=O) groups is 2. The molecule has 0 unspecified atom stereocenters. The molecule has 0 saturated heterocycles. The number of halogens is 1. The molecule has 2 amide bonds. The van der Waals surface area contributed by atoms with Gasteiger partial charge in [0, 0.05) is 10.6 Å². The molecule has 0 heterocycles. The van der Waals surface area contributed by atoms with E-state index in [2.05, 4.69) is 15.8 Å². The molecule has 2 rings (SSSR count). The van der Waals surface area contributed by atoms with Crippen LogP contribution in [0.2, 0.25) is 5.02 Å². The second kappa shape index (κ2) is 8.10. The first-order chi connectivity index (χ1) is 11.0. The molecule has 6 heteroatoms. The van der Waals surface area contributed by atoms with E-state index in [1.165, 1.54) is 6.21 Å². The fraction of sp³-hybridized carbons (Fsp3) is 0.118. The third-order valence-electron chi connectivity index (χ3n) is 2.96. The molecule has 0 aromatic heterocycles. The van der Waals surface area contributed by atoms with Crippen molar-refractivity contribution in [2.24, 2.45) is 5.10 Å². The summed E-state index contributed by atoms with van der Waals surface area (Å²) < 4.78 is 0. The van der Waals surface area contributed by atoms with E-state index >= 15 is 0 Å². The number of rotatable bonds is 5. The van der Waals surface area contributed by atoms with Crippen LogP contribution in [0.15, 0.2) is 53.6 Å². The quantitative estimate of drug-likeness (QED) is 0.653. The maximum Gasteiger partial charge on any atom is 0.259 e. The van der Waals surface area contributed by atoms with Crippen LogP contribution in [0.4, 0.5) is 0 Å². The first-order valence-electron chi connectivity index (χ1n) is 6.97. The molecule has 118 valence electrons. The molecule has 0 spiro atoms. The summed E-state index contributed by atoms with van der Waals surface area (Å²) in [5.74, 6) is -0.707. The molecule has 0 atom stereocenters. The van der Waals surface area contributed by atoms with Gasteiger partial charge in [0.25, 0.3) is 11.8 Å². The standard InChI is InChI=1S/C17H16ClN3O2/c1-12-3-2-4-14(9-12)17(23)19-11-16(22)21-20-10-13-5-7-15(18)8-6-13/h2-10H,11H2,1H3,(H,19,23)(H,21,22). The molecule has 0 aliphatic heterocycles. The summed E-state index contributed by atoms with van der Waals surface area (Å²) in [6.07, 6.45) is 1.50. The van der Waals surface area contributed by atoms with E-state index in [9.17, 15) is 9.59 Å². The number of hydrogen-bond acceptors (Lipinski definition) is 3. The fourth-order valence-corrected chi connectivity index (χ4v) is 1.94. The number of benzene rings is 2. The molecular formula is C17H16ClN3O2. The van der Waals surface area contributed by atoms with Gasteiger partial charge in [-0.15, -0.1) is 0 Å². The van der Waals surface area contributed by atoms with Crippen LogP contribution < -0.4 is 10.7 Å². The third-order valence-corrected chi connectivity index (χ3v) is 3.21. The monoisotopic (exact) mass is 329 g/mol. The van der Waals surface area contributed by atoms with Crippen LogP contribution in [0.1, 0.15) is 21.5 Å². The largest absolute Gasteiger partial charge is 0.343 e. The summed E-state index contributed by atoms with van der Waals surface area (Å²) in [5.41, 5.74) is 4.65. The zero-order valence-corrected chi connectivity index (χ0v) is 13.3. The Bertz CT molecular complexity index is 727. The van der Waals surface area contributed by atoms with Gasteiger partial charge in [-0.25, -0.2) is 5.43 Å². The summed E-state index contributed by atoms with van der Waals surface area (Å²) >= 11 is 5.77. The Morgan fingerprint density at radius 1 is 1.17 bits per heavy atom.